The molecule has 0 aliphatic rings. The fourth-order valence-corrected chi connectivity index (χ4v) is 3.31. The number of sulfonamides is 1. The molecule has 0 saturated carbocycles. The molecule has 2 N–H and O–H groups in total. The molecule has 0 saturated heterocycles. The van der Waals surface area contributed by atoms with Crippen LogP contribution in [0.4, 0.5) is 0 Å². The van der Waals surface area contributed by atoms with Crippen LogP contribution in [0.5, 0.6) is 0 Å². The first kappa shape index (κ1) is 18.1. The van der Waals surface area contributed by atoms with Crippen molar-refractivity contribution in [2.24, 2.45) is 0 Å². The molecule has 0 aliphatic heterocycles. The van der Waals surface area contributed by atoms with Crippen molar-refractivity contribution in [3.05, 3.63) is 29.3 Å². The minimum Gasteiger partial charge on any atom is -0.315 e. The number of aryl methyl sites for hydroxylation is 1. The Morgan fingerprint density at radius 3 is 2.33 bits per heavy atom. The average molecular weight is 312 g/mol. The Morgan fingerprint density at radius 1 is 1.10 bits per heavy atom. The van der Waals surface area contributed by atoms with E-state index in [2.05, 4.69) is 37.7 Å². The lowest BCUT2D eigenvalue weighted by Crippen LogP contribution is -2.32. The van der Waals surface area contributed by atoms with E-state index >= 15 is 0 Å². The first-order valence-electron chi connectivity index (χ1n) is 7.50. The summed E-state index contributed by atoms with van der Waals surface area (Å²) in [6.07, 6.45) is 1.04. The molecule has 5 heteroatoms. The predicted molar refractivity (Wildman–Crippen MR) is 88.2 cm³/mol. The van der Waals surface area contributed by atoms with Gasteiger partial charge in [0.05, 0.1) is 4.90 Å². The second-order valence-electron chi connectivity index (χ2n) is 6.38. The molecule has 0 bridgehead atoms. The molecule has 0 radical (unpaired) electrons. The Hall–Kier alpha value is -0.910. The van der Waals surface area contributed by atoms with E-state index in [-0.39, 0.29) is 5.41 Å². The van der Waals surface area contributed by atoms with Gasteiger partial charge in [0.15, 0.2) is 0 Å². The molecule has 1 rings (SSSR count). The van der Waals surface area contributed by atoms with E-state index in [1.54, 1.807) is 6.07 Å². The van der Waals surface area contributed by atoms with Gasteiger partial charge in [0, 0.05) is 13.1 Å². The van der Waals surface area contributed by atoms with E-state index < -0.39 is 10.0 Å². The molecule has 0 atom stereocenters. The van der Waals surface area contributed by atoms with Crippen molar-refractivity contribution in [1.29, 1.82) is 0 Å². The maximum atomic E-state index is 12.4. The third kappa shape index (κ3) is 5.41. The van der Waals surface area contributed by atoms with Gasteiger partial charge in [-0.05, 0) is 42.5 Å². The van der Waals surface area contributed by atoms with Crippen LogP contribution in [0.1, 0.15) is 45.2 Å². The maximum absolute atomic E-state index is 12.4. The standard InChI is InChI=1S/C16H28N2O2S/c1-6-9-17-10-11-18-21(19,20)15-12-14(16(3,4)5)8-7-13(15)2/h7-8,12,17-18H,6,9-11H2,1-5H3. The van der Waals surface area contributed by atoms with Crippen LogP contribution in [0.25, 0.3) is 0 Å². The summed E-state index contributed by atoms with van der Waals surface area (Å²) in [5.41, 5.74) is 1.73. The smallest absolute Gasteiger partial charge is 0.240 e. The van der Waals surface area contributed by atoms with Gasteiger partial charge in [0.25, 0.3) is 0 Å². The molecule has 0 aliphatic carbocycles. The highest BCUT2D eigenvalue weighted by molar-refractivity contribution is 7.89. The van der Waals surface area contributed by atoms with Crippen LogP contribution in [0.2, 0.25) is 0 Å². The molecule has 120 valence electrons. The summed E-state index contributed by atoms with van der Waals surface area (Å²) >= 11 is 0. The Balaban J connectivity index is 2.87. The second kappa shape index (κ2) is 7.38. The highest BCUT2D eigenvalue weighted by Crippen LogP contribution is 2.26. The lowest BCUT2D eigenvalue weighted by molar-refractivity contribution is 0.571. The highest BCUT2D eigenvalue weighted by Gasteiger charge is 2.20. The van der Waals surface area contributed by atoms with Crippen molar-refractivity contribution in [2.75, 3.05) is 19.6 Å². The van der Waals surface area contributed by atoms with Crippen LogP contribution in [0, 0.1) is 6.92 Å². The van der Waals surface area contributed by atoms with Gasteiger partial charge in [-0.15, -0.1) is 0 Å². The molecular formula is C16H28N2O2S. The van der Waals surface area contributed by atoms with Crippen molar-refractivity contribution in [3.8, 4) is 0 Å². The van der Waals surface area contributed by atoms with Gasteiger partial charge in [-0.1, -0.05) is 39.8 Å². The van der Waals surface area contributed by atoms with Gasteiger partial charge in [0.2, 0.25) is 10.0 Å². The van der Waals surface area contributed by atoms with Crippen LogP contribution in [0.15, 0.2) is 23.1 Å². The quantitative estimate of drug-likeness (QED) is 0.761. The Morgan fingerprint density at radius 2 is 1.76 bits per heavy atom. The zero-order valence-electron chi connectivity index (χ0n) is 13.8. The van der Waals surface area contributed by atoms with Gasteiger partial charge < -0.3 is 5.32 Å². The SMILES string of the molecule is CCCNCCNS(=O)(=O)c1cc(C(C)(C)C)ccc1C. The van der Waals surface area contributed by atoms with E-state index in [0.717, 1.165) is 24.1 Å². The van der Waals surface area contributed by atoms with Gasteiger partial charge in [-0.3, -0.25) is 0 Å². The Labute approximate surface area is 129 Å². The monoisotopic (exact) mass is 312 g/mol. The molecule has 21 heavy (non-hydrogen) atoms. The van der Waals surface area contributed by atoms with Crippen molar-refractivity contribution in [3.63, 3.8) is 0 Å². The number of hydrogen-bond acceptors (Lipinski definition) is 3. The summed E-state index contributed by atoms with van der Waals surface area (Å²) in [6.45, 7) is 12.1. The number of rotatable bonds is 7. The lowest BCUT2D eigenvalue weighted by Gasteiger charge is -2.21. The van der Waals surface area contributed by atoms with Gasteiger partial charge in [0.1, 0.15) is 0 Å². The molecule has 0 unspecified atom stereocenters. The third-order valence-electron chi connectivity index (χ3n) is 3.36. The van der Waals surface area contributed by atoms with Crippen LogP contribution < -0.4 is 10.0 Å². The molecule has 0 spiro atoms. The van der Waals surface area contributed by atoms with Crippen LogP contribution in [0.3, 0.4) is 0 Å². The average Bonchev–Trinajstić information content (AvgIpc) is 2.37. The first-order chi connectivity index (χ1) is 9.68. The normalized spacial score (nSPS) is 12.6. The lowest BCUT2D eigenvalue weighted by atomic mass is 9.87. The first-order valence-corrected chi connectivity index (χ1v) is 8.98. The number of benzene rings is 1. The number of nitrogens with one attached hydrogen (secondary N) is 2. The van der Waals surface area contributed by atoms with Crippen LogP contribution >= 0.6 is 0 Å². The summed E-state index contributed by atoms with van der Waals surface area (Å²) in [7, 11) is -3.45. The van der Waals surface area contributed by atoms with E-state index in [9.17, 15) is 8.42 Å². The van der Waals surface area contributed by atoms with Gasteiger partial charge in [-0.2, -0.15) is 0 Å². The minimum atomic E-state index is -3.45. The topological polar surface area (TPSA) is 58.2 Å². The molecule has 1 aromatic rings. The zero-order chi connectivity index (χ0) is 16.1. The summed E-state index contributed by atoms with van der Waals surface area (Å²) in [4.78, 5) is 0.380. The van der Waals surface area contributed by atoms with E-state index in [1.807, 2.05) is 19.1 Å². The summed E-state index contributed by atoms with van der Waals surface area (Å²) in [5.74, 6) is 0. The van der Waals surface area contributed by atoms with Gasteiger partial charge in [-0.25, -0.2) is 13.1 Å². The Bertz CT molecular complexity index is 560. The molecule has 1 aromatic carbocycles. The van der Waals surface area contributed by atoms with Crippen molar-refractivity contribution in [2.45, 2.75) is 51.3 Å². The van der Waals surface area contributed by atoms with Crippen molar-refractivity contribution < 1.29 is 8.42 Å². The van der Waals surface area contributed by atoms with E-state index in [4.69, 9.17) is 0 Å². The largest absolute Gasteiger partial charge is 0.315 e. The van der Waals surface area contributed by atoms with Crippen molar-refractivity contribution >= 4 is 10.0 Å². The summed E-state index contributed by atoms with van der Waals surface area (Å²) < 4.78 is 27.5. The van der Waals surface area contributed by atoms with Gasteiger partial charge >= 0.3 is 0 Å². The Kier molecular flexibility index (Phi) is 6.38. The maximum Gasteiger partial charge on any atom is 0.240 e. The highest BCUT2D eigenvalue weighted by atomic mass is 32.2. The molecule has 0 heterocycles. The number of hydrogen-bond donors (Lipinski definition) is 2. The molecule has 0 aromatic heterocycles. The molecule has 4 nitrogen and oxygen atoms in total. The molecule has 0 fully saturated rings. The predicted octanol–water partition coefficient (Wildman–Crippen LogP) is 2.57. The molecule has 0 amide bonds. The molecular weight excluding hydrogens is 284 g/mol. The van der Waals surface area contributed by atoms with Crippen LogP contribution in [-0.4, -0.2) is 28.1 Å². The van der Waals surface area contributed by atoms with E-state index in [0.29, 0.717) is 18.0 Å². The second-order valence-corrected chi connectivity index (χ2v) is 8.11. The van der Waals surface area contributed by atoms with Crippen LogP contribution in [-0.2, 0) is 15.4 Å². The summed E-state index contributed by atoms with van der Waals surface area (Å²) in [5, 5.41) is 3.18. The fourth-order valence-electron chi connectivity index (χ4n) is 2.01. The van der Waals surface area contributed by atoms with Crippen molar-refractivity contribution in [1.82, 2.24) is 10.0 Å². The summed E-state index contributed by atoms with van der Waals surface area (Å²) in [6, 6.07) is 5.67. The van der Waals surface area contributed by atoms with E-state index in [1.165, 1.54) is 0 Å². The minimum absolute atomic E-state index is 0.0688. The fraction of sp³-hybridized carbons (Fsp3) is 0.625. The zero-order valence-corrected chi connectivity index (χ0v) is 14.6. The third-order valence-corrected chi connectivity index (χ3v) is 4.97.